The molecule has 2 amide bonds. The summed E-state index contributed by atoms with van der Waals surface area (Å²) in [5.41, 5.74) is 11.4. The van der Waals surface area contributed by atoms with Crippen molar-refractivity contribution < 1.29 is 76.7 Å². The van der Waals surface area contributed by atoms with Crippen LogP contribution in [0.15, 0.2) is 104 Å². The number of Topliss-reactive ketones (excluding diaryl/α,β-unsaturated/α-hetero) is 1. The molecule has 1 radical (unpaired) electrons. The second-order valence-electron chi connectivity index (χ2n) is 25.9. The number of halogens is 62. The Morgan fingerprint density at radius 3 is 1.05 bits per heavy atom. The first-order valence-corrected chi connectivity index (χ1v) is 408. The van der Waals surface area contributed by atoms with Gasteiger partial charge in [0.15, 0.2) is 5.78 Å². The minimum atomic E-state index is -1.00. The number of nitrogens with one attached hydrogen (secondary N) is 2. The van der Waals surface area contributed by atoms with Crippen LogP contribution in [-0.2, 0) is 40.3 Å². The van der Waals surface area contributed by atoms with Crippen LogP contribution in [0.1, 0.15) is 133 Å². The predicted octanol–water partition coefficient (Wildman–Crippen LogP) is 56.0. The number of benzene rings is 2. The fourth-order valence-corrected chi connectivity index (χ4v) is 10300. The first-order chi connectivity index (χ1) is 68.2. The zero-order chi connectivity index (χ0) is 109. The van der Waals surface area contributed by atoms with Gasteiger partial charge in [-0.15, -0.1) is 12.4 Å². The van der Waals surface area contributed by atoms with Crippen LogP contribution in [0.3, 0.4) is 0 Å². The molecule has 5 aromatic rings. The number of hydrogen-bond acceptors (Lipinski definition) is 18. The predicted molar refractivity (Wildman–Crippen MR) is 1170 cm³/mol. The van der Waals surface area contributed by atoms with Crippen LogP contribution in [0, 0.1) is 0 Å². The summed E-state index contributed by atoms with van der Waals surface area (Å²) in [4.78, 5) is 85.3. The molecule has 3 saturated heterocycles. The smallest absolute Gasteiger partial charge is 0.335 e. The van der Waals surface area contributed by atoms with E-state index in [1.807, 2.05) is 40.0 Å². The zero-order valence-corrected chi connectivity index (χ0v) is 204. The van der Waals surface area contributed by atoms with Crippen LogP contribution in [0.5, 0.6) is 17.6 Å². The van der Waals surface area contributed by atoms with Crippen molar-refractivity contribution in [2.24, 2.45) is 5.73 Å². The van der Waals surface area contributed by atoms with E-state index in [1.54, 1.807) is 37.1 Å². The van der Waals surface area contributed by atoms with Gasteiger partial charge in [-0.05, 0) is 85.6 Å². The number of aliphatic hydroxyl groups excluding tert-OH is 2. The van der Waals surface area contributed by atoms with Crippen LogP contribution >= 0.6 is 829 Å². The van der Waals surface area contributed by atoms with E-state index < -0.39 is 206 Å². The van der Waals surface area contributed by atoms with Crippen LogP contribution in [0.4, 0.5) is 0 Å². The van der Waals surface area contributed by atoms with E-state index in [4.69, 9.17) is 30.2 Å². The average Bonchev–Trinajstić information content (AvgIpc) is 0.801. The average molecular weight is 8960 g/mol. The molecule has 8 heterocycles. The molecule has 85 heteroatoms. The van der Waals surface area contributed by atoms with Gasteiger partial charge in [-0.1, -0.05) is 63.4 Å². The van der Waals surface area contributed by atoms with Crippen molar-refractivity contribution in [2.45, 2.75) is 149 Å². The number of ether oxygens (including phenoxy) is 3. The number of ketones is 1. The summed E-state index contributed by atoms with van der Waals surface area (Å²) in [7, 11) is -12.3. The Bertz CT molecular complexity index is 4690. The molecule has 5 aliphatic rings. The molecule has 0 spiro atoms. The fourth-order valence-electron chi connectivity index (χ4n) is 11.3. The van der Waals surface area contributed by atoms with Crippen LogP contribution < -0.4 is 43.8 Å². The van der Waals surface area contributed by atoms with Crippen molar-refractivity contribution in [1.82, 2.24) is 40.2 Å². The fraction of sp³-hybridized carbons (Fsp3) is 0.476. The van der Waals surface area contributed by atoms with Gasteiger partial charge in [0.1, 0.15) is 18.3 Å². The van der Waals surface area contributed by atoms with E-state index in [0.717, 1.165) is 77.2 Å². The van der Waals surface area contributed by atoms with E-state index in [-0.39, 0.29) is 139 Å². The van der Waals surface area contributed by atoms with E-state index in [0.29, 0.717) is 75.6 Å². The molecule has 5 aliphatic heterocycles. The number of piperidine rings is 3. The molecule has 0 unspecified atom stereocenters. The molecule has 22 nitrogen and oxygen atoms in total. The second kappa shape index (κ2) is 104. The van der Waals surface area contributed by atoms with Gasteiger partial charge in [0.25, 0.3) is 7.41 Å². The number of carboxylic acids is 2. The molecule has 899 valence electrons. The summed E-state index contributed by atoms with van der Waals surface area (Å²) in [6.07, 6.45) is 11.1. The van der Waals surface area contributed by atoms with Crippen LogP contribution in [-0.4, -0.2) is 182 Å². The maximum atomic E-state index is 12.7. The Morgan fingerprint density at radius 1 is 0.439 bits per heavy atom. The normalized spacial score (nSPS) is 18.2. The number of hydrogen-bond donors (Lipinski definition) is 7. The largest absolute Gasteiger partial charge is 0.478 e. The topological polar surface area (TPSA) is 310 Å². The molecule has 0 saturated carbocycles. The Labute approximate surface area is 1300 Å². The standard InChI is InChI=1S/C25H31N3O4.C13H16N2O4.C12H16BN2O2.C11H14N2O3.2CH4.ClH.I49.I12/c1-17(29)28-12-9-21(10-13-28)32-25-15-19(8-11-26-25)23(30)6-7-24(31)22-14-18-4-2-3-5-20(18)16-27-22;1-9(16)15-6-3-11(4-7-15)19-12-8-10(13(17)18)2-5-14-12;14-6-12(17)11-5-9-3-1-2-4-10(9)7-15(11)13-8-16;14-11(15)8-1-6-13-10(7-8)16-9-2-4-12-5-3-9;;;;1-26-28(4)30(6)32(8)34(10)36(12)38(14)40(16)42(18)44(20)46(22)48(24)49(25)47(23)45(21)43(19)41(17)39(15)37(13)35(11)33(9)31(7)29(5)27(2)3;1-8(2)10(5)12(7)11(6)9(3)4/h2-5,8,11,15,21-22,24,27,31H,6-7,9-10,12-14,16H2,1H3;2,5,8,11H,3-4,6-7H2,1H3,(H,17,18);1-4,8,11-12,17H,5-7,14H2;1,6-7,9,12H,2-5H2,(H,14,15);2*1H4;1H;;/q;;;;;;;-1;/t22-,24+;;11-,12+;;;;;;/m0.0....../s1. The number of nitrogens with two attached hydrogens (primary N) is 1. The van der Waals surface area contributed by atoms with Gasteiger partial charge >= 0.3 is 842 Å². The van der Waals surface area contributed by atoms with Gasteiger partial charge in [0.05, 0.1) is 29.5 Å². The second-order valence-corrected chi connectivity index (χ2v) is 1410. The number of carbonyl (C=O) groups is 6. The molecule has 3 aromatic heterocycles. The third-order valence-electron chi connectivity index (χ3n) is 17.6. The summed E-state index contributed by atoms with van der Waals surface area (Å²) < 4.78 is 17.3. The van der Waals surface area contributed by atoms with Gasteiger partial charge < -0.3 is 70.4 Å². The maximum Gasteiger partial charge on any atom is 0.335 e. The summed E-state index contributed by atoms with van der Waals surface area (Å²) in [6, 6.07) is 25.3. The number of fused-ring (bicyclic) bond motifs is 2. The van der Waals surface area contributed by atoms with Gasteiger partial charge in [0.2, 0.25) is 29.5 Å². The van der Waals surface area contributed by atoms with Crippen molar-refractivity contribution in [2.75, 3.05) is 45.8 Å². The Hall–Kier alpha value is 37.2. The molecule has 8 N–H and O–H groups in total. The number of aliphatic hydroxyl groups is 2. The Balaban J connectivity index is 0.000000640. The maximum absolute atomic E-state index is 12.7. The number of amides is 2. The van der Waals surface area contributed by atoms with Crippen molar-refractivity contribution in [3.8, 4) is 17.6 Å². The van der Waals surface area contributed by atoms with E-state index in [9.17, 15) is 39.0 Å². The first-order valence-electron chi connectivity index (χ1n) is 37.1. The van der Waals surface area contributed by atoms with Gasteiger partial charge in [-0.25, -0.2) is 24.5 Å². The quantitative estimate of drug-likeness (QED) is 0.00825. The SMILES string of the molecule is C.C.CC(=O)N1CCC(Oc2cc(C(=O)CC[C@@H](O)[C@@H]3Cc4ccccc4CN3)ccn2)CC1.CC(=O)N1CCC(Oc2cc(C(=O)O)ccn2)CC1.Cl.II(I)I(I)I(I)I(I)I(I)I.I[I-]I(I)I(I)I(I)I(I)I(I)I(I)I(I)I(I)I(I)I(I)I(I)I(I)I(I)I(I)I(I)I(I)I(I)I(I)I(I)I(I)I(I)I(I)I(I)I.NC[C@@H](O)[C@@H]1Cc2ccccc2CN1[B]C=O.O=C(O)c1ccnc(OC2CCNCC2)c1. The molecule has 148 heavy (non-hydrogen) atoms. The number of aromatic nitrogens is 3. The molecule has 10 rings (SSSR count). The minimum absolute atomic E-state index is 0. The van der Waals surface area contributed by atoms with E-state index in [1.165, 1.54) is 66.3 Å². The number of pyridine rings is 3. The molecule has 2 aromatic carbocycles. The molecular weight excluding hydrogens is 8880 g/mol. The Morgan fingerprint density at radius 2 is 0.736 bits per heavy atom. The molecule has 0 aliphatic carbocycles. The number of rotatable bonds is 44. The summed E-state index contributed by atoms with van der Waals surface area (Å²) in [5.74, 6) is -0.681. The minimum Gasteiger partial charge on any atom is -0.478 e. The van der Waals surface area contributed by atoms with Crippen LogP contribution in [0.25, 0.3) is 0 Å². The van der Waals surface area contributed by atoms with Crippen molar-refractivity contribution in [3.63, 3.8) is 0 Å². The first kappa shape index (κ1) is 181. The zero-order valence-electron chi connectivity index (χ0n) is 71.1. The van der Waals surface area contributed by atoms with Crippen molar-refractivity contribution in [3.05, 3.63) is 142 Å². The summed E-state index contributed by atoms with van der Waals surface area (Å²) in [5, 5.41) is 44.9. The number of likely N-dealkylation sites (tertiary alicyclic amines) is 2. The summed E-state index contributed by atoms with van der Waals surface area (Å²) in [6.45, 7) is 9.28. The molecular formula is C63H86BClI61N9O13-. The third kappa shape index (κ3) is 70.2. The van der Waals surface area contributed by atoms with Crippen molar-refractivity contribution >= 4 is 872 Å². The molecule has 3 fully saturated rings. The van der Waals surface area contributed by atoms with Gasteiger partial charge in [-0.3, -0.25) is 14.4 Å². The van der Waals surface area contributed by atoms with Crippen molar-refractivity contribution in [1.29, 1.82) is 0 Å². The molecule has 0 bridgehead atoms. The summed E-state index contributed by atoms with van der Waals surface area (Å²) >= 11 is 102. The number of carbonyl (C=O) groups excluding carboxylic acids is 4. The number of carboxylic acid groups (broad SMARTS) is 2. The Kier molecular flexibility index (Phi) is 128. The number of aromatic carboxylic acids is 2. The number of nitrogens with zero attached hydrogens (tertiary/aromatic N) is 6. The molecule has 4 atom stereocenters. The van der Waals surface area contributed by atoms with Crippen LogP contribution in [0.2, 0.25) is 0 Å². The van der Waals surface area contributed by atoms with Gasteiger partial charge in [0, 0.05) is 146 Å². The van der Waals surface area contributed by atoms with E-state index in [2.05, 4.69) is 639 Å². The monoisotopic (exact) mass is 8960 g/mol. The van der Waals surface area contributed by atoms with E-state index >= 15 is 0 Å². The van der Waals surface area contributed by atoms with Gasteiger partial charge in [-0.2, -0.15) is 0 Å². The third-order valence-corrected chi connectivity index (χ3v) is 4400.